The van der Waals surface area contributed by atoms with Crippen molar-refractivity contribution < 1.29 is 22.0 Å². The van der Waals surface area contributed by atoms with E-state index in [1.54, 1.807) is 48.5 Å². The highest BCUT2D eigenvalue weighted by Crippen LogP contribution is 2.34. The molecule has 0 spiro atoms. The van der Waals surface area contributed by atoms with Crippen LogP contribution in [0.5, 0.6) is 5.75 Å². The molecule has 6 nitrogen and oxygen atoms in total. The van der Waals surface area contributed by atoms with Gasteiger partial charge in [0.25, 0.3) is 0 Å². The fourth-order valence-electron chi connectivity index (χ4n) is 2.94. The number of nitrogens with one attached hydrogen (secondary N) is 1. The lowest BCUT2D eigenvalue weighted by Gasteiger charge is -2.06. The molecule has 4 rings (SSSR count). The van der Waals surface area contributed by atoms with Crippen LogP contribution in [0.4, 0.5) is 16.0 Å². The smallest absolute Gasteiger partial charge is 0.238 e. The second-order valence-electron chi connectivity index (χ2n) is 6.70. The fourth-order valence-corrected chi connectivity index (χ4v) is 4.32. The van der Waals surface area contributed by atoms with Gasteiger partial charge in [-0.3, -0.25) is 0 Å². The number of nitrogens with zero attached hydrogens (tertiary/aromatic N) is 1. The molecule has 9 heteroatoms. The Morgan fingerprint density at radius 1 is 1.00 bits per heavy atom. The second-order valence-corrected chi connectivity index (χ2v) is 9.00. The molecule has 0 aliphatic rings. The Bertz CT molecular complexity index is 1320. The molecule has 0 atom stereocenters. The molecule has 0 amide bonds. The van der Waals surface area contributed by atoms with E-state index in [0.29, 0.717) is 28.6 Å². The summed E-state index contributed by atoms with van der Waals surface area (Å²) in [6.45, 7) is 2.40. The molecule has 1 aromatic heterocycles. The lowest BCUT2D eigenvalue weighted by Crippen LogP contribution is -2.05. The van der Waals surface area contributed by atoms with Crippen LogP contribution >= 0.6 is 11.6 Å². The SMILES string of the molecule is CCOc1ccc(-c2nc(S(=O)(=O)c3ccc(F)cc3)c(Nc3ccc(Cl)cc3)o2)cc1. The van der Waals surface area contributed by atoms with Crippen LogP contribution < -0.4 is 10.1 Å². The highest BCUT2D eigenvalue weighted by molar-refractivity contribution is 7.91. The van der Waals surface area contributed by atoms with Crippen LogP contribution in [0, 0.1) is 5.82 Å². The summed E-state index contributed by atoms with van der Waals surface area (Å²) in [4.78, 5) is 4.16. The Balaban J connectivity index is 1.79. The molecule has 0 unspecified atom stereocenters. The van der Waals surface area contributed by atoms with Gasteiger partial charge in [0.15, 0.2) is 0 Å². The minimum Gasteiger partial charge on any atom is -0.494 e. The molecule has 0 fully saturated rings. The first-order valence-corrected chi connectivity index (χ1v) is 11.5. The van der Waals surface area contributed by atoms with Gasteiger partial charge in [-0.15, -0.1) is 0 Å². The van der Waals surface area contributed by atoms with Gasteiger partial charge in [-0.1, -0.05) is 11.6 Å². The molecule has 0 radical (unpaired) electrons. The highest BCUT2D eigenvalue weighted by atomic mass is 35.5. The minimum atomic E-state index is -4.10. The summed E-state index contributed by atoms with van der Waals surface area (Å²) in [7, 11) is -4.10. The van der Waals surface area contributed by atoms with Crippen LogP contribution in [-0.4, -0.2) is 20.0 Å². The number of benzene rings is 3. The van der Waals surface area contributed by atoms with Crippen LogP contribution in [0.1, 0.15) is 6.92 Å². The summed E-state index contributed by atoms with van der Waals surface area (Å²) in [6, 6.07) is 18.1. The Morgan fingerprint density at radius 2 is 1.66 bits per heavy atom. The number of anilines is 2. The molecular formula is C23H18ClFN2O4S. The lowest BCUT2D eigenvalue weighted by molar-refractivity contribution is 0.340. The molecule has 1 N–H and O–H groups in total. The van der Waals surface area contributed by atoms with Crippen LogP contribution in [-0.2, 0) is 9.84 Å². The van der Waals surface area contributed by atoms with E-state index < -0.39 is 15.7 Å². The Labute approximate surface area is 189 Å². The Kier molecular flexibility index (Phi) is 6.16. The molecule has 0 aliphatic heterocycles. The molecule has 1 heterocycles. The van der Waals surface area contributed by atoms with Crippen LogP contribution in [0.15, 0.2) is 87.1 Å². The van der Waals surface area contributed by atoms with E-state index >= 15 is 0 Å². The van der Waals surface area contributed by atoms with Gasteiger partial charge in [-0.05, 0) is 79.7 Å². The molecule has 0 saturated heterocycles. The van der Waals surface area contributed by atoms with Crippen LogP contribution in [0.2, 0.25) is 5.02 Å². The third-order valence-corrected chi connectivity index (χ3v) is 6.42. The van der Waals surface area contributed by atoms with E-state index in [1.807, 2.05) is 6.92 Å². The molecular weight excluding hydrogens is 455 g/mol. The molecule has 0 bridgehead atoms. The van der Waals surface area contributed by atoms with E-state index in [-0.39, 0.29) is 21.7 Å². The van der Waals surface area contributed by atoms with Crippen molar-refractivity contribution in [2.45, 2.75) is 16.8 Å². The maximum Gasteiger partial charge on any atom is 0.238 e. The van der Waals surface area contributed by atoms with Gasteiger partial charge in [0, 0.05) is 16.3 Å². The summed E-state index contributed by atoms with van der Waals surface area (Å²) in [5, 5.41) is 3.16. The summed E-state index contributed by atoms with van der Waals surface area (Å²) < 4.78 is 51.1. The maximum absolute atomic E-state index is 13.3. The quantitative estimate of drug-likeness (QED) is 0.327. The molecule has 0 aliphatic carbocycles. The largest absolute Gasteiger partial charge is 0.494 e. The summed E-state index contributed by atoms with van der Waals surface area (Å²) in [6.07, 6.45) is 0. The van der Waals surface area contributed by atoms with Gasteiger partial charge in [0.2, 0.25) is 26.6 Å². The second kappa shape index (κ2) is 9.02. The first-order chi connectivity index (χ1) is 15.4. The zero-order valence-corrected chi connectivity index (χ0v) is 18.5. The van der Waals surface area contributed by atoms with E-state index in [4.69, 9.17) is 20.8 Å². The zero-order chi connectivity index (χ0) is 22.7. The predicted molar refractivity (Wildman–Crippen MR) is 120 cm³/mol. The topological polar surface area (TPSA) is 81.4 Å². The van der Waals surface area contributed by atoms with E-state index in [2.05, 4.69) is 10.3 Å². The average Bonchev–Trinajstić information content (AvgIpc) is 3.21. The van der Waals surface area contributed by atoms with E-state index in [0.717, 1.165) is 12.1 Å². The van der Waals surface area contributed by atoms with Crippen molar-refractivity contribution in [2.24, 2.45) is 0 Å². The molecule has 0 saturated carbocycles. The number of sulfone groups is 1. The molecule has 4 aromatic rings. The van der Waals surface area contributed by atoms with Gasteiger partial charge >= 0.3 is 0 Å². The van der Waals surface area contributed by atoms with Crippen molar-refractivity contribution in [1.82, 2.24) is 4.98 Å². The van der Waals surface area contributed by atoms with Gasteiger partial charge in [-0.2, -0.15) is 4.98 Å². The highest BCUT2D eigenvalue weighted by Gasteiger charge is 2.29. The first-order valence-electron chi connectivity index (χ1n) is 9.64. The van der Waals surface area contributed by atoms with Crippen LogP contribution in [0.3, 0.4) is 0 Å². The lowest BCUT2D eigenvalue weighted by atomic mass is 10.2. The number of oxazole rings is 1. The molecule has 164 valence electrons. The van der Waals surface area contributed by atoms with Gasteiger partial charge in [0.05, 0.1) is 11.5 Å². The third-order valence-electron chi connectivity index (χ3n) is 4.49. The normalized spacial score (nSPS) is 11.3. The van der Waals surface area contributed by atoms with Crippen molar-refractivity contribution in [3.8, 4) is 17.2 Å². The number of rotatable bonds is 7. The predicted octanol–water partition coefficient (Wildman–Crippen LogP) is 6.11. The Hall–Kier alpha value is -3.36. The van der Waals surface area contributed by atoms with Gasteiger partial charge in [-0.25, -0.2) is 12.8 Å². The molecule has 3 aromatic carbocycles. The van der Waals surface area contributed by atoms with Crippen molar-refractivity contribution >= 4 is 33.0 Å². The number of aromatic nitrogens is 1. The Morgan fingerprint density at radius 3 is 2.28 bits per heavy atom. The first kappa shape index (κ1) is 21.9. The fraction of sp³-hybridized carbons (Fsp3) is 0.0870. The third kappa shape index (κ3) is 4.61. The van der Waals surface area contributed by atoms with Crippen LogP contribution in [0.25, 0.3) is 11.5 Å². The van der Waals surface area contributed by atoms with Crippen molar-refractivity contribution in [3.63, 3.8) is 0 Å². The standard InChI is InChI=1S/C23H18ClFN2O4S/c1-2-30-19-11-3-15(4-12-19)21-27-23(32(28,29)20-13-7-17(25)8-14-20)22(31-21)26-18-9-5-16(24)6-10-18/h3-14,26H,2H2,1H3. The number of hydrogen-bond acceptors (Lipinski definition) is 6. The maximum atomic E-state index is 13.3. The van der Waals surface area contributed by atoms with Crippen molar-refractivity contribution in [3.05, 3.63) is 83.6 Å². The monoisotopic (exact) mass is 472 g/mol. The van der Waals surface area contributed by atoms with Gasteiger partial charge < -0.3 is 14.5 Å². The van der Waals surface area contributed by atoms with Crippen molar-refractivity contribution in [2.75, 3.05) is 11.9 Å². The number of halogens is 2. The number of ether oxygens (including phenoxy) is 1. The van der Waals surface area contributed by atoms with E-state index in [9.17, 15) is 12.8 Å². The van der Waals surface area contributed by atoms with E-state index in [1.165, 1.54) is 12.1 Å². The van der Waals surface area contributed by atoms with Gasteiger partial charge in [0.1, 0.15) is 11.6 Å². The number of hydrogen-bond donors (Lipinski definition) is 1. The summed E-state index contributed by atoms with van der Waals surface area (Å²) in [5.74, 6) is 0.158. The van der Waals surface area contributed by atoms with Crippen molar-refractivity contribution in [1.29, 1.82) is 0 Å². The zero-order valence-electron chi connectivity index (χ0n) is 16.9. The molecule has 32 heavy (non-hydrogen) atoms. The minimum absolute atomic E-state index is 0.0690. The summed E-state index contributed by atoms with van der Waals surface area (Å²) >= 11 is 5.93. The average molecular weight is 473 g/mol. The summed E-state index contributed by atoms with van der Waals surface area (Å²) in [5.41, 5.74) is 1.12.